The molecule has 0 aliphatic carbocycles. The predicted octanol–water partition coefficient (Wildman–Crippen LogP) is 4.01. The van der Waals surface area contributed by atoms with Crippen molar-refractivity contribution in [1.82, 2.24) is 5.32 Å². The maximum Gasteiger partial charge on any atom is 0.338 e. The third-order valence-electron chi connectivity index (χ3n) is 3.14. The molecule has 4 heteroatoms. The van der Waals surface area contributed by atoms with Crippen LogP contribution in [0, 0.1) is 0 Å². The van der Waals surface area contributed by atoms with Crippen LogP contribution in [0.15, 0.2) is 40.8 Å². The Labute approximate surface area is 131 Å². The van der Waals surface area contributed by atoms with Gasteiger partial charge in [0.05, 0.1) is 18.7 Å². The van der Waals surface area contributed by atoms with E-state index >= 15 is 0 Å². The number of carbonyl (C=O) groups is 1. The molecule has 0 spiro atoms. The maximum absolute atomic E-state index is 11.6. The SMILES string of the molecule is CCOC(=O)c1ccc(-c2ccc(CNC(C)(C)C)o2)cc1. The van der Waals surface area contributed by atoms with Crippen LogP contribution in [0.2, 0.25) is 0 Å². The molecule has 0 radical (unpaired) electrons. The average molecular weight is 301 g/mol. The minimum Gasteiger partial charge on any atom is -0.462 e. The van der Waals surface area contributed by atoms with Gasteiger partial charge in [0.15, 0.2) is 0 Å². The van der Waals surface area contributed by atoms with Crippen molar-refractivity contribution in [3.63, 3.8) is 0 Å². The Bertz CT molecular complexity index is 621. The average Bonchev–Trinajstić information content (AvgIpc) is 2.94. The number of benzene rings is 1. The van der Waals surface area contributed by atoms with E-state index in [1.54, 1.807) is 19.1 Å². The Balaban J connectivity index is 2.06. The van der Waals surface area contributed by atoms with Crippen LogP contribution in [-0.2, 0) is 11.3 Å². The molecule has 2 aromatic rings. The van der Waals surface area contributed by atoms with Crippen molar-refractivity contribution in [2.24, 2.45) is 0 Å². The quantitative estimate of drug-likeness (QED) is 0.848. The van der Waals surface area contributed by atoms with E-state index in [-0.39, 0.29) is 11.5 Å². The smallest absolute Gasteiger partial charge is 0.338 e. The lowest BCUT2D eigenvalue weighted by atomic mass is 10.1. The highest BCUT2D eigenvalue weighted by Crippen LogP contribution is 2.23. The molecule has 2 rings (SSSR count). The predicted molar refractivity (Wildman–Crippen MR) is 86.7 cm³/mol. The molecule has 0 unspecified atom stereocenters. The summed E-state index contributed by atoms with van der Waals surface area (Å²) in [5.41, 5.74) is 1.54. The fraction of sp³-hybridized carbons (Fsp3) is 0.389. The second-order valence-electron chi connectivity index (χ2n) is 6.17. The standard InChI is InChI=1S/C18H23NO3/c1-5-21-17(20)14-8-6-13(7-9-14)16-11-10-15(22-16)12-19-18(2,3)4/h6-11,19H,5,12H2,1-4H3. The van der Waals surface area contributed by atoms with Crippen molar-refractivity contribution in [2.75, 3.05) is 6.61 Å². The van der Waals surface area contributed by atoms with Gasteiger partial charge in [0, 0.05) is 11.1 Å². The van der Waals surface area contributed by atoms with Crippen molar-refractivity contribution >= 4 is 5.97 Å². The Morgan fingerprint density at radius 2 is 1.82 bits per heavy atom. The number of rotatable bonds is 5. The van der Waals surface area contributed by atoms with Crippen molar-refractivity contribution in [3.05, 3.63) is 47.7 Å². The first kappa shape index (κ1) is 16.3. The molecule has 22 heavy (non-hydrogen) atoms. The lowest BCUT2D eigenvalue weighted by molar-refractivity contribution is 0.0526. The summed E-state index contributed by atoms with van der Waals surface area (Å²) in [6.45, 7) is 9.20. The van der Waals surface area contributed by atoms with Crippen LogP contribution in [0.3, 0.4) is 0 Å². The fourth-order valence-corrected chi connectivity index (χ4v) is 1.97. The van der Waals surface area contributed by atoms with Gasteiger partial charge in [-0.25, -0.2) is 4.79 Å². The first-order chi connectivity index (χ1) is 10.4. The van der Waals surface area contributed by atoms with E-state index in [4.69, 9.17) is 9.15 Å². The van der Waals surface area contributed by atoms with E-state index in [9.17, 15) is 4.79 Å². The van der Waals surface area contributed by atoms with E-state index in [1.165, 1.54) is 0 Å². The van der Waals surface area contributed by atoms with E-state index in [0.29, 0.717) is 18.7 Å². The topological polar surface area (TPSA) is 51.5 Å². The highest BCUT2D eigenvalue weighted by Gasteiger charge is 2.11. The van der Waals surface area contributed by atoms with Crippen LogP contribution in [0.1, 0.15) is 43.8 Å². The van der Waals surface area contributed by atoms with Gasteiger partial charge in [0.1, 0.15) is 11.5 Å². The molecule has 1 N–H and O–H groups in total. The zero-order chi connectivity index (χ0) is 16.2. The third-order valence-corrected chi connectivity index (χ3v) is 3.14. The molecule has 0 saturated carbocycles. The summed E-state index contributed by atoms with van der Waals surface area (Å²) < 4.78 is 10.8. The van der Waals surface area contributed by atoms with Crippen molar-refractivity contribution in [1.29, 1.82) is 0 Å². The Morgan fingerprint density at radius 3 is 2.41 bits per heavy atom. The summed E-state index contributed by atoms with van der Waals surface area (Å²) >= 11 is 0. The minimum absolute atomic E-state index is 0.0498. The number of hydrogen-bond donors (Lipinski definition) is 1. The molecule has 1 aromatic heterocycles. The van der Waals surface area contributed by atoms with Crippen molar-refractivity contribution < 1.29 is 13.9 Å². The summed E-state index contributed by atoms with van der Waals surface area (Å²) in [5.74, 6) is 1.38. The molecule has 0 atom stereocenters. The molecule has 0 saturated heterocycles. The Kier molecular flexibility index (Phi) is 5.03. The highest BCUT2D eigenvalue weighted by molar-refractivity contribution is 5.89. The van der Waals surface area contributed by atoms with Gasteiger partial charge in [-0.3, -0.25) is 0 Å². The van der Waals surface area contributed by atoms with E-state index in [2.05, 4.69) is 26.1 Å². The maximum atomic E-state index is 11.6. The number of furan rings is 1. The van der Waals surface area contributed by atoms with Crippen LogP contribution in [0.4, 0.5) is 0 Å². The minimum atomic E-state index is -0.302. The van der Waals surface area contributed by atoms with Crippen molar-refractivity contribution in [3.8, 4) is 11.3 Å². The van der Waals surface area contributed by atoms with Gasteiger partial charge >= 0.3 is 5.97 Å². The molecule has 0 aliphatic heterocycles. The van der Waals surface area contributed by atoms with Crippen LogP contribution in [0.25, 0.3) is 11.3 Å². The van der Waals surface area contributed by atoms with E-state index in [1.807, 2.05) is 24.3 Å². The molecule has 0 amide bonds. The van der Waals surface area contributed by atoms with E-state index < -0.39 is 0 Å². The second kappa shape index (κ2) is 6.79. The van der Waals surface area contributed by atoms with Gasteiger partial charge in [-0.15, -0.1) is 0 Å². The van der Waals surface area contributed by atoms with Gasteiger partial charge in [-0.05, 0) is 52.0 Å². The summed E-state index contributed by atoms with van der Waals surface area (Å²) in [6.07, 6.45) is 0. The van der Waals surface area contributed by atoms with Gasteiger partial charge < -0.3 is 14.5 Å². The lowest BCUT2D eigenvalue weighted by Gasteiger charge is -2.19. The Morgan fingerprint density at radius 1 is 1.14 bits per heavy atom. The first-order valence-corrected chi connectivity index (χ1v) is 7.50. The lowest BCUT2D eigenvalue weighted by Crippen LogP contribution is -2.34. The molecule has 4 nitrogen and oxygen atoms in total. The number of ether oxygens (including phenoxy) is 1. The third kappa shape index (κ3) is 4.46. The summed E-state index contributed by atoms with van der Waals surface area (Å²) in [6, 6.07) is 11.1. The number of hydrogen-bond acceptors (Lipinski definition) is 4. The monoisotopic (exact) mass is 301 g/mol. The second-order valence-corrected chi connectivity index (χ2v) is 6.17. The molecular weight excluding hydrogens is 278 g/mol. The molecule has 118 valence electrons. The fourth-order valence-electron chi connectivity index (χ4n) is 1.97. The van der Waals surface area contributed by atoms with Gasteiger partial charge in [-0.2, -0.15) is 0 Å². The normalized spacial score (nSPS) is 11.5. The number of carbonyl (C=O) groups excluding carboxylic acids is 1. The van der Waals surface area contributed by atoms with Crippen LogP contribution in [0.5, 0.6) is 0 Å². The van der Waals surface area contributed by atoms with Crippen LogP contribution in [-0.4, -0.2) is 18.1 Å². The molecule has 0 fully saturated rings. The highest BCUT2D eigenvalue weighted by atomic mass is 16.5. The van der Waals surface area contributed by atoms with Gasteiger partial charge in [0.25, 0.3) is 0 Å². The van der Waals surface area contributed by atoms with Crippen LogP contribution < -0.4 is 5.32 Å². The van der Waals surface area contributed by atoms with Crippen LogP contribution >= 0.6 is 0 Å². The first-order valence-electron chi connectivity index (χ1n) is 7.50. The molecule has 0 bridgehead atoms. The van der Waals surface area contributed by atoms with Crippen molar-refractivity contribution in [2.45, 2.75) is 39.8 Å². The Hall–Kier alpha value is -2.07. The summed E-state index contributed by atoms with van der Waals surface area (Å²) in [5, 5.41) is 3.39. The van der Waals surface area contributed by atoms with Gasteiger partial charge in [-0.1, -0.05) is 12.1 Å². The summed E-state index contributed by atoms with van der Waals surface area (Å²) in [7, 11) is 0. The molecule has 0 aliphatic rings. The zero-order valence-corrected chi connectivity index (χ0v) is 13.6. The largest absolute Gasteiger partial charge is 0.462 e. The van der Waals surface area contributed by atoms with E-state index in [0.717, 1.165) is 17.1 Å². The molecule has 1 aromatic carbocycles. The molecule has 1 heterocycles. The summed E-state index contributed by atoms with van der Waals surface area (Å²) in [4.78, 5) is 11.6. The number of esters is 1. The van der Waals surface area contributed by atoms with Gasteiger partial charge in [0.2, 0.25) is 0 Å². The number of nitrogens with one attached hydrogen (secondary N) is 1. The molecular formula is C18H23NO3. The zero-order valence-electron chi connectivity index (χ0n) is 13.6.